The number of aliphatic hydroxyl groups excluding tert-OH is 1. The highest BCUT2D eigenvalue weighted by Crippen LogP contribution is 2.21. The van der Waals surface area contributed by atoms with Crippen LogP contribution in [0.1, 0.15) is 11.8 Å². The topological polar surface area (TPSA) is 85.7 Å². The van der Waals surface area contributed by atoms with Crippen molar-refractivity contribution in [2.75, 3.05) is 13.7 Å². The normalized spacial score (nSPS) is 13.0. The minimum absolute atomic E-state index is 0.105. The lowest BCUT2D eigenvalue weighted by atomic mass is 10.3. The van der Waals surface area contributed by atoms with Crippen molar-refractivity contribution in [1.82, 2.24) is 14.4 Å². The van der Waals surface area contributed by atoms with Crippen LogP contribution in [0.2, 0.25) is 5.15 Å². The summed E-state index contributed by atoms with van der Waals surface area (Å²) in [4.78, 5) is 8.15. The zero-order valence-electron chi connectivity index (χ0n) is 8.59. The van der Waals surface area contributed by atoms with Crippen LogP contribution >= 0.6 is 11.6 Å². The van der Waals surface area contributed by atoms with E-state index in [0.29, 0.717) is 17.2 Å². The number of rotatable bonds is 3. The summed E-state index contributed by atoms with van der Waals surface area (Å²) in [6.07, 6.45) is 2.42. The van der Waals surface area contributed by atoms with Gasteiger partial charge in [0.25, 0.3) is 5.88 Å². The van der Waals surface area contributed by atoms with E-state index in [2.05, 4.69) is 9.97 Å². The second kappa shape index (κ2) is 4.25. The Bertz CT molecular complexity index is 513. The molecule has 3 N–H and O–H groups in total. The smallest absolute Gasteiger partial charge is 0.259 e. The number of ether oxygens (including phenoxy) is 1. The maximum atomic E-state index is 9.57. The third-order valence-corrected chi connectivity index (χ3v) is 2.34. The van der Waals surface area contributed by atoms with E-state index < -0.39 is 6.10 Å². The standard InChI is InChI=1S/C9H11ClN4O2/c1-16-9-8-12-5(6(15)2-11)3-14(8)4-7(10)13-9/h3-4,6,15H,2,11H2,1H3. The number of nitrogens with two attached hydrogens (primary N) is 1. The van der Waals surface area contributed by atoms with Crippen molar-refractivity contribution < 1.29 is 9.84 Å². The molecule has 0 saturated heterocycles. The number of aliphatic hydroxyl groups is 1. The van der Waals surface area contributed by atoms with Crippen molar-refractivity contribution in [3.8, 4) is 5.88 Å². The number of halogens is 1. The molecule has 1 atom stereocenters. The first-order chi connectivity index (χ1) is 7.65. The Morgan fingerprint density at radius 1 is 1.56 bits per heavy atom. The fourth-order valence-corrected chi connectivity index (χ4v) is 1.56. The number of nitrogens with zero attached hydrogens (tertiary/aromatic N) is 3. The SMILES string of the molecule is COc1nc(Cl)cn2cc(C(O)CN)nc12. The number of imidazole rings is 1. The van der Waals surface area contributed by atoms with Crippen LogP contribution in [-0.4, -0.2) is 33.1 Å². The first kappa shape index (κ1) is 11.1. The molecular formula is C9H11ClN4O2. The summed E-state index contributed by atoms with van der Waals surface area (Å²) in [5.74, 6) is 0.308. The van der Waals surface area contributed by atoms with Gasteiger partial charge in [0.1, 0.15) is 11.3 Å². The number of aromatic nitrogens is 3. The van der Waals surface area contributed by atoms with E-state index in [0.717, 1.165) is 0 Å². The maximum Gasteiger partial charge on any atom is 0.259 e. The number of hydrogen-bond acceptors (Lipinski definition) is 5. The second-order valence-electron chi connectivity index (χ2n) is 3.22. The molecule has 7 heteroatoms. The maximum absolute atomic E-state index is 9.57. The molecule has 0 aliphatic carbocycles. The van der Waals surface area contributed by atoms with Crippen LogP contribution in [0, 0.1) is 0 Å². The Morgan fingerprint density at radius 2 is 2.31 bits per heavy atom. The van der Waals surface area contributed by atoms with Crippen LogP contribution in [-0.2, 0) is 0 Å². The monoisotopic (exact) mass is 242 g/mol. The minimum Gasteiger partial charge on any atom is -0.478 e. The van der Waals surface area contributed by atoms with E-state index in [1.54, 1.807) is 16.8 Å². The van der Waals surface area contributed by atoms with Crippen molar-refractivity contribution in [2.24, 2.45) is 5.73 Å². The molecule has 86 valence electrons. The van der Waals surface area contributed by atoms with Gasteiger partial charge in [0.2, 0.25) is 5.65 Å². The Hall–Kier alpha value is -1.37. The molecule has 2 aromatic heterocycles. The van der Waals surface area contributed by atoms with Crippen LogP contribution in [0.4, 0.5) is 0 Å². The predicted molar refractivity (Wildman–Crippen MR) is 58.6 cm³/mol. The third-order valence-electron chi connectivity index (χ3n) is 2.15. The van der Waals surface area contributed by atoms with Crippen molar-refractivity contribution in [3.05, 3.63) is 23.2 Å². The third kappa shape index (κ3) is 1.82. The highest BCUT2D eigenvalue weighted by Gasteiger charge is 2.14. The second-order valence-corrected chi connectivity index (χ2v) is 3.61. The van der Waals surface area contributed by atoms with Crippen LogP contribution in [0.3, 0.4) is 0 Å². The first-order valence-electron chi connectivity index (χ1n) is 4.63. The molecule has 0 amide bonds. The molecule has 0 aliphatic rings. The van der Waals surface area contributed by atoms with Crippen LogP contribution in [0.5, 0.6) is 5.88 Å². The van der Waals surface area contributed by atoms with Gasteiger partial charge < -0.3 is 15.6 Å². The van der Waals surface area contributed by atoms with E-state index in [1.165, 1.54) is 7.11 Å². The average Bonchev–Trinajstić information content (AvgIpc) is 2.70. The van der Waals surface area contributed by atoms with Crippen molar-refractivity contribution in [1.29, 1.82) is 0 Å². The summed E-state index contributed by atoms with van der Waals surface area (Å²) in [7, 11) is 1.48. The van der Waals surface area contributed by atoms with E-state index in [-0.39, 0.29) is 11.7 Å². The zero-order valence-corrected chi connectivity index (χ0v) is 9.35. The Morgan fingerprint density at radius 3 is 2.94 bits per heavy atom. The largest absolute Gasteiger partial charge is 0.478 e. The molecule has 2 aromatic rings. The predicted octanol–water partition coefficient (Wildman–Crippen LogP) is 0.383. The van der Waals surface area contributed by atoms with Gasteiger partial charge in [-0.15, -0.1) is 0 Å². The van der Waals surface area contributed by atoms with Gasteiger partial charge in [-0.3, -0.25) is 4.40 Å². The lowest BCUT2D eigenvalue weighted by Crippen LogP contribution is -2.11. The molecule has 0 bridgehead atoms. The molecule has 2 heterocycles. The average molecular weight is 243 g/mol. The van der Waals surface area contributed by atoms with Crippen molar-refractivity contribution in [3.63, 3.8) is 0 Å². The summed E-state index contributed by atoms with van der Waals surface area (Å²) in [5.41, 5.74) is 6.31. The van der Waals surface area contributed by atoms with Crippen LogP contribution in [0.15, 0.2) is 12.4 Å². The quantitative estimate of drug-likeness (QED) is 0.813. The summed E-state index contributed by atoms with van der Waals surface area (Å²) in [6.45, 7) is 0.105. The van der Waals surface area contributed by atoms with E-state index in [9.17, 15) is 5.11 Å². The highest BCUT2D eigenvalue weighted by molar-refractivity contribution is 6.29. The lowest BCUT2D eigenvalue weighted by molar-refractivity contribution is 0.182. The van der Waals surface area contributed by atoms with E-state index >= 15 is 0 Å². The fourth-order valence-electron chi connectivity index (χ4n) is 1.38. The van der Waals surface area contributed by atoms with Crippen molar-refractivity contribution in [2.45, 2.75) is 6.10 Å². The molecule has 6 nitrogen and oxygen atoms in total. The summed E-state index contributed by atoms with van der Waals surface area (Å²) in [5, 5.41) is 9.86. The molecular weight excluding hydrogens is 232 g/mol. The van der Waals surface area contributed by atoms with Gasteiger partial charge in [0.05, 0.1) is 12.8 Å². The fraction of sp³-hybridized carbons (Fsp3) is 0.333. The molecule has 0 aromatic carbocycles. The Labute approximate surface area is 96.6 Å². The molecule has 0 aliphatic heterocycles. The molecule has 16 heavy (non-hydrogen) atoms. The van der Waals surface area contributed by atoms with Gasteiger partial charge in [-0.1, -0.05) is 11.6 Å². The van der Waals surface area contributed by atoms with Gasteiger partial charge >= 0.3 is 0 Å². The van der Waals surface area contributed by atoms with Crippen molar-refractivity contribution >= 4 is 17.2 Å². The number of methoxy groups -OCH3 is 1. The number of fused-ring (bicyclic) bond motifs is 1. The molecule has 0 fully saturated rings. The summed E-state index contributed by atoms with van der Waals surface area (Å²) in [6, 6.07) is 0. The van der Waals surface area contributed by atoms with E-state index in [1.807, 2.05) is 0 Å². The summed E-state index contributed by atoms with van der Waals surface area (Å²) >= 11 is 5.80. The van der Waals surface area contributed by atoms with Gasteiger partial charge in [0, 0.05) is 18.9 Å². The van der Waals surface area contributed by atoms with Crippen LogP contribution < -0.4 is 10.5 Å². The molecule has 0 radical (unpaired) electrons. The van der Waals surface area contributed by atoms with E-state index in [4.69, 9.17) is 22.1 Å². The first-order valence-corrected chi connectivity index (χ1v) is 5.00. The Balaban J connectivity index is 2.60. The molecule has 2 rings (SSSR count). The summed E-state index contributed by atoms with van der Waals surface area (Å²) < 4.78 is 6.68. The Kier molecular flexibility index (Phi) is 2.95. The minimum atomic E-state index is -0.802. The highest BCUT2D eigenvalue weighted by atomic mass is 35.5. The van der Waals surface area contributed by atoms with Gasteiger partial charge in [-0.25, -0.2) is 4.98 Å². The zero-order chi connectivity index (χ0) is 11.7. The number of hydrogen-bond donors (Lipinski definition) is 2. The molecule has 0 spiro atoms. The van der Waals surface area contributed by atoms with Gasteiger partial charge in [-0.05, 0) is 0 Å². The van der Waals surface area contributed by atoms with Gasteiger partial charge in [-0.2, -0.15) is 4.98 Å². The molecule has 1 unspecified atom stereocenters. The van der Waals surface area contributed by atoms with Gasteiger partial charge in [0.15, 0.2) is 0 Å². The molecule has 0 saturated carbocycles. The van der Waals surface area contributed by atoms with Crippen LogP contribution in [0.25, 0.3) is 5.65 Å². The lowest BCUT2D eigenvalue weighted by Gasteiger charge is -2.01.